The molecule has 0 aliphatic heterocycles. The Morgan fingerprint density at radius 2 is 2.10 bits per heavy atom. The average molecular weight is 282 g/mol. The molecule has 0 heterocycles. The molecule has 0 fully saturated rings. The molecule has 0 bridgehead atoms. The van der Waals surface area contributed by atoms with Crippen LogP contribution >= 0.6 is 0 Å². The molecule has 1 rings (SSSR count). The van der Waals surface area contributed by atoms with Crippen LogP contribution in [0, 0.1) is 11.7 Å². The summed E-state index contributed by atoms with van der Waals surface area (Å²) in [4.78, 5) is 0. The zero-order chi connectivity index (χ0) is 15.0. The number of rotatable bonds is 9. The summed E-state index contributed by atoms with van der Waals surface area (Å²) in [5, 5.41) is 0. The molecule has 114 valence electrons. The van der Waals surface area contributed by atoms with E-state index in [0.29, 0.717) is 23.7 Å². The van der Waals surface area contributed by atoms with Crippen LogP contribution in [0.1, 0.15) is 45.1 Å². The smallest absolute Gasteiger partial charge is 0.168 e. The van der Waals surface area contributed by atoms with Gasteiger partial charge in [-0.3, -0.25) is 11.3 Å². The molecule has 1 aromatic rings. The Balaban J connectivity index is 2.81. The minimum atomic E-state index is -0.277. The predicted octanol–water partition coefficient (Wildman–Crippen LogP) is 3.43. The molecular weight excluding hydrogens is 255 g/mol. The van der Waals surface area contributed by atoms with Gasteiger partial charge in [0.1, 0.15) is 0 Å². The fourth-order valence-corrected chi connectivity index (χ4v) is 2.63. The van der Waals surface area contributed by atoms with Crippen molar-refractivity contribution in [1.82, 2.24) is 5.43 Å². The van der Waals surface area contributed by atoms with E-state index in [1.165, 1.54) is 20.0 Å². The molecule has 20 heavy (non-hydrogen) atoms. The summed E-state index contributed by atoms with van der Waals surface area (Å²) in [6.45, 7) is 4.34. The Bertz CT molecular complexity index is 398. The number of hydrazine groups is 1. The van der Waals surface area contributed by atoms with Crippen molar-refractivity contribution in [3.8, 4) is 5.75 Å². The molecule has 3 nitrogen and oxygen atoms in total. The second kappa shape index (κ2) is 8.93. The van der Waals surface area contributed by atoms with E-state index in [9.17, 15) is 4.39 Å². The van der Waals surface area contributed by atoms with Crippen LogP contribution in [0.3, 0.4) is 0 Å². The van der Waals surface area contributed by atoms with Gasteiger partial charge in [-0.05, 0) is 30.4 Å². The van der Waals surface area contributed by atoms with Gasteiger partial charge in [0.2, 0.25) is 0 Å². The second-order valence-corrected chi connectivity index (χ2v) is 5.22. The van der Waals surface area contributed by atoms with Crippen molar-refractivity contribution in [1.29, 1.82) is 0 Å². The summed E-state index contributed by atoms with van der Waals surface area (Å²) < 4.78 is 19.2. The summed E-state index contributed by atoms with van der Waals surface area (Å²) in [6.07, 6.45) is 5.09. The fourth-order valence-electron chi connectivity index (χ4n) is 2.63. The van der Waals surface area contributed by atoms with Gasteiger partial charge in [0.15, 0.2) is 11.6 Å². The van der Waals surface area contributed by atoms with Crippen molar-refractivity contribution < 1.29 is 9.13 Å². The molecule has 0 radical (unpaired) electrons. The minimum Gasteiger partial charge on any atom is -0.494 e. The first-order valence-corrected chi connectivity index (χ1v) is 7.45. The number of nitrogens with two attached hydrogens (primary N) is 1. The van der Waals surface area contributed by atoms with Crippen molar-refractivity contribution in [3.05, 3.63) is 29.6 Å². The van der Waals surface area contributed by atoms with E-state index in [4.69, 9.17) is 10.6 Å². The lowest BCUT2D eigenvalue weighted by Crippen LogP contribution is -2.42. The van der Waals surface area contributed by atoms with Gasteiger partial charge >= 0.3 is 0 Å². The first-order chi connectivity index (χ1) is 9.67. The Labute approximate surface area is 121 Å². The zero-order valence-electron chi connectivity index (χ0n) is 12.8. The van der Waals surface area contributed by atoms with Crippen LogP contribution in [0.25, 0.3) is 0 Å². The van der Waals surface area contributed by atoms with Crippen LogP contribution in [-0.4, -0.2) is 13.2 Å². The highest BCUT2D eigenvalue weighted by atomic mass is 19.1. The van der Waals surface area contributed by atoms with Crippen LogP contribution in [0.5, 0.6) is 5.75 Å². The van der Waals surface area contributed by atoms with E-state index in [2.05, 4.69) is 19.3 Å². The number of benzene rings is 1. The maximum Gasteiger partial charge on any atom is 0.168 e. The molecule has 1 aromatic carbocycles. The Kier molecular flexibility index (Phi) is 7.55. The monoisotopic (exact) mass is 282 g/mol. The van der Waals surface area contributed by atoms with Gasteiger partial charge in [-0.2, -0.15) is 0 Å². The highest BCUT2D eigenvalue weighted by Crippen LogP contribution is 2.24. The number of ether oxygens (including phenoxy) is 1. The topological polar surface area (TPSA) is 47.3 Å². The Hall–Kier alpha value is -1.13. The Morgan fingerprint density at radius 3 is 2.65 bits per heavy atom. The van der Waals surface area contributed by atoms with Gasteiger partial charge in [-0.15, -0.1) is 0 Å². The summed E-state index contributed by atoms with van der Waals surface area (Å²) in [5.74, 6) is 6.16. The van der Waals surface area contributed by atoms with E-state index in [0.717, 1.165) is 12.8 Å². The van der Waals surface area contributed by atoms with E-state index in [1.807, 2.05) is 6.07 Å². The third kappa shape index (κ3) is 4.46. The number of hydrogen-bond acceptors (Lipinski definition) is 3. The molecule has 0 amide bonds. The van der Waals surface area contributed by atoms with Crippen molar-refractivity contribution in [2.75, 3.05) is 7.11 Å². The van der Waals surface area contributed by atoms with Crippen LogP contribution < -0.4 is 16.0 Å². The molecule has 0 aliphatic rings. The van der Waals surface area contributed by atoms with Gasteiger partial charge in [0, 0.05) is 6.04 Å². The number of hydrogen-bond donors (Lipinski definition) is 2. The molecule has 0 saturated carbocycles. The van der Waals surface area contributed by atoms with Crippen molar-refractivity contribution in [2.45, 2.75) is 52.0 Å². The highest BCUT2D eigenvalue weighted by Gasteiger charge is 2.21. The number of nitrogens with one attached hydrogen (secondary N) is 1. The normalized spacial score (nSPS) is 14.1. The van der Waals surface area contributed by atoms with E-state index < -0.39 is 0 Å². The van der Waals surface area contributed by atoms with Crippen molar-refractivity contribution in [3.63, 3.8) is 0 Å². The quantitative estimate of drug-likeness (QED) is 0.539. The zero-order valence-corrected chi connectivity index (χ0v) is 12.8. The largest absolute Gasteiger partial charge is 0.494 e. The first kappa shape index (κ1) is 16.9. The molecule has 2 atom stereocenters. The van der Waals surface area contributed by atoms with Gasteiger partial charge in [-0.25, -0.2) is 4.39 Å². The number of unbranched alkanes of at least 4 members (excludes halogenated alkanes) is 1. The molecule has 2 unspecified atom stereocenters. The van der Waals surface area contributed by atoms with Gasteiger partial charge < -0.3 is 4.74 Å². The summed E-state index contributed by atoms with van der Waals surface area (Å²) in [6, 6.07) is 5.35. The Morgan fingerprint density at radius 1 is 1.35 bits per heavy atom. The third-order valence-corrected chi connectivity index (χ3v) is 3.94. The standard InChI is InChI=1S/C16H27FN2O/c1-4-6-8-12(5-2)14(19-18)11-13-9-7-10-15(20-3)16(13)17/h7,9-10,12,14,19H,4-6,8,11,18H2,1-3H3. The van der Waals surface area contributed by atoms with Crippen molar-refractivity contribution >= 4 is 0 Å². The second-order valence-electron chi connectivity index (χ2n) is 5.22. The summed E-state index contributed by atoms with van der Waals surface area (Å²) >= 11 is 0. The maximum absolute atomic E-state index is 14.2. The molecule has 0 aliphatic carbocycles. The van der Waals surface area contributed by atoms with E-state index in [1.54, 1.807) is 12.1 Å². The fraction of sp³-hybridized carbons (Fsp3) is 0.625. The van der Waals surface area contributed by atoms with Gasteiger partial charge in [0.05, 0.1) is 7.11 Å². The number of methoxy groups -OCH3 is 1. The molecule has 0 saturated heterocycles. The maximum atomic E-state index is 14.2. The van der Waals surface area contributed by atoms with Crippen LogP contribution in [0.2, 0.25) is 0 Å². The predicted molar refractivity (Wildman–Crippen MR) is 81.1 cm³/mol. The summed E-state index contributed by atoms with van der Waals surface area (Å²) in [5.41, 5.74) is 3.52. The molecule has 4 heteroatoms. The number of halogens is 1. The van der Waals surface area contributed by atoms with Crippen LogP contribution in [0.4, 0.5) is 4.39 Å². The lowest BCUT2D eigenvalue weighted by Gasteiger charge is -2.26. The molecule has 0 aromatic heterocycles. The van der Waals surface area contributed by atoms with Gasteiger partial charge in [-0.1, -0.05) is 45.2 Å². The first-order valence-electron chi connectivity index (χ1n) is 7.45. The minimum absolute atomic E-state index is 0.0909. The SMILES string of the molecule is CCCCC(CC)C(Cc1cccc(OC)c1F)NN. The lowest BCUT2D eigenvalue weighted by molar-refractivity contribution is 0.314. The van der Waals surface area contributed by atoms with Crippen molar-refractivity contribution in [2.24, 2.45) is 11.8 Å². The molecule has 0 spiro atoms. The third-order valence-electron chi connectivity index (χ3n) is 3.94. The molecular formula is C16H27FN2O. The van der Waals surface area contributed by atoms with E-state index >= 15 is 0 Å². The van der Waals surface area contributed by atoms with Gasteiger partial charge in [0.25, 0.3) is 0 Å². The van der Waals surface area contributed by atoms with Crippen LogP contribution in [-0.2, 0) is 6.42 Å². The summed E-state index contributed by atoms with van der Waals surface area (Å²) in [7, 11) is 1.48. The van der Waals surface area contributed by atoms with Crippen LogP contribution in [0.15, 0.2) is 18.2 Å². The molecule has 3 N–H and O–H groups in total. The lowest BCUT2D eigenvalue weighted by atomic mass is 9.87. The highest BCUT2D eigenvalue weighted by molar-refractivity contribution is 5.31. The van der Waals surface area contributed by atoms with E-state index in [-0.39, 0.29) is 11.9 Å². The average Bonchev–Trinajstić information content (AvgIpc) is 2.48.